The predicted molar refractivity (Wildman–Crippen MR) is 81.7 cm³/mol. The molecule has 0 saturated carbocycles. The van der Waals surface area contributed by atoms with Gasteiger partial charge in [0, 0.05) is 16.7 Å². The Hall–Kier alpha value is -1.48. The summed E-state index contributed by atoms with van der Waals surface area (Å²) in [4.78, 5) is 0. The van der Waals surface area contributed by atoms with E-state index in [-0.39, 0.29) is 0 Å². The Morgan fingerprint density at radius 3 is 3.00 bits per heavy atom. The number of halogens is 1. The number of rotatable bonds is 3. The van der Waals surface area contributed by atoms with Gasteiger partial charge in [-0.1, -0.05) is 34.1 Å². The van der Waals surface area contributed by atoms with Crippen molar-refractivity contribution >= 4 is 21.6 Å². The van der Waals surface area contributed by atoms with Crippen molar-refractivity contribution in [2.24, 2.45) is 0 Å². The summed E-state index contributed by atoms with van der Waals surface area (Å²) in [6.45, 7) is 1.70. The highest BCUT2D eigenvalue weighted by atomic mass is 79.9. The maximum atomic E-state index is 5.81. The van der Waals surface area contributed by atoms with E-state index in [0.717, 1.165) is 23.2 Å². The number of anilines is 1. The minimum absolute atomic E-state index is 0.615. The Balaban J connectivity index is 1.70. The molecule has 2 nitrogen and oxygen atoms in total. The molecular weight excluding hydrogens is 302 g/mol. The number of fused-ring (bicyclic) bond motifs is 1. The summed E-state index contributed by atoms with van der Waals surface area (Å²) in [5, 5.41) is 3.42. The first-order valence-electron chi connectivity index (χ1n) is 6.55. The standard InChI is InChI=1S/C16H16BrNO/c17-14-4-1-5-15(10-14)19-11-12-6-7-16-13(9-12)3-2-8-18-16/h1,4-7,9-10,18H,2-3,8,11H2. The van der Waals surface area contributed by atoms with E-state index in [0.29, 0.717) is 6.61 Å². The fourth-order valence-corrected chi connectivity index (χ4v) is 2.72. The Morgan fingerprint density at radius 2 is 2.11 bits per heavy atom. The summed E-state index contributed by atoms with van der Waals surface area (Å²) in [6.07, 6.45) is 2.37. The highest BCUT2D eigenvalue weighted by Gasteiger charge is 2.08. The first kappa shape index (κ1) is 12.5. The maximum absolute atomic E-state index is 5.81. The highest BCUT2D eigenvalue weighted by Crippen LogP contribution is 2.24. The summed E-state index contributed by atoms with van der Waals surface area (Å²) in [5.41, 5.74) is 3.90. The Kier molecular flexibility index (Phi) is 3.74. The lowest BCUT2D eigenvalue weighted by molar-refractivity contribution is 0.306. The predicted octanol–water partition coefficient (Wildman–Crippen LogP) is 4.39. The van der Waals surface area contributed by atoms with Crippen molar-refractivity contribution in [1.82, 2.24) is 0 Å². The molecule has 19 heavy (non-hydrogen) atoms. The second-order valence-electron chi connectivity index (χ2n) is 4.77. The molecule has 1 heterocycles. The van der Waals surface area contributed by atoms with Gasteiger partial charge >= 0.3 is 0 Å². The van der Waals surface area contributed by atoms with Crippen LogP contribution in [0.2, 0.25) is 0 Å². The van der Waals surface area contributed by atoms with Gasteiger partial charge in [0.05, 0.1) is 0 Å². The number of nitrogens with one attached hydrogen (secondary N) is 1. The summed E-state index contributed by atoms with van der Waals surface area (Å²) in [5.74, 6) is 0.894. The zero-order chi connectivity index (χ0) is 13.1. The monoisotopic (exact) mass is 317 g/mol. The Labute approximate surface area is 121 Å². The first-order chi connectivity index (χ1) is 9.31. The molecular formula is C16H16BrNO. The summed E-state index contributed by atoms with van der Waals surface area (Å²) in [7, 11) is 0. The van der Waals surface area contributed by atoms with Gasteiger partial charge < -0.3 is 10.1 Å². The molecule has 98 valence electrons. The van der Waals surface area contributed by atoms with E-state index in [9.17, 15) is 0 Å². The second kappa shape index (κ2) is 5.66. The molecule has 3 rings (SSSR count). The normalized spacial score (nSPS) is 13.5. The van der Waals surface area contributed by atoms with Gasteiger partial charge in [-0.25, -0.2) is 0 Å². The van der Waals surface area contributed by atoms with Gasteiger partial charge in [0.15, 0.2) is 0 Å². The molecule has 0 bridgehead atoms. The van der Waals surface area contributed by atoms with E-state index in [1.165, 1.54) is 23.2 Å². The molecule has 0 amide bonds. The molecule has 2 aromatic carbocycles. The van der Waals surface area contributed by atoms with Crippen LogP contribution in [0.4, 0.5) is 5.69 Å². The molecule has 0 atom stereocenters. The van der Waals surface area contributed by atoms with E-state index in [4.69, 9.17) is 4.74 Å². The van der Waals surface area contributed by atoms with Gasteiger partial charge in [-0.2, -0.15) is 0 Å². The number of benzene rings is 2. The van der Waals surface area contributed by atoms with Crippen molar-refractivity contribution in [1.29, 1.82) is 0 Å². The largest absolute Gasteiger partial charge is 0.489 e. The number of ether oxygens (including phenoxy) is 1. The van der Waals surface area contributed by atoms with Crippen LogP contribution in [0.25, 0.3) is 0 Å². The van der Waals surface area contributed by atoms with Crippen LogP contribution in [0.15, 0.2) is 46.9 Å². The first-order valence-corrected chi connectivity index (χ1v) is 7.34. The summed E-state index contributed by atoms with van der Waals surface area (Å²) in [6, 6.07) is 14.5. The van der Waals surface area contributed by atoms with Gasteiger partial charge in [-0.3, -0.25) is 0 Å². The Bertz CT molecular complexity index is 583. The van der Waals surface area contributed by atoms with Gasteiger partial charge in [-0.05, 0) is 48.2 Å². The van der Waals surface area contributed by atoms with E-state index in [2.05, 4.69) is 39.4 Å². The quantitative estimate of drug-likeness (QED) is 0.906. The van der Waals surface area contributed by atoms with Crippen molar-refractivity contribution in [2.75, 3.05) is 11.9 Å². The molecule has 0 radical (unpaired) electrons. The van der Waals surface area contributed by atoms with Crippen LogP contribution in [0.1, 0.15) is 17.5 Å². The third kappa shape index (κ3) is 3.10. The lowest BCUT2D eigenvalue weighted by Crippen LogP contribution is -2.12. The van der Waals surface area contributed by atoms with Crippen molar-refractivity contribution in [2.45, 2.75) is 19.4 Å². The van der Waals surface area contributed by atoms with Crippen LogP contribution in [0.3, 0.4) is 0 Å². The molecule has 0 unspecified atom stereocenters. The molecule has 1 N–H and O–H groups in total. The molecule has 0 fully saturated rings. The maximum Gasteiger partial charge on any atom is 0.120 e. The topological polar surface area (TPSA) is 21.3 Å². The van der Waals surface area contributed by atoms with Crippen LogP contribution in [-0.4, -0.2) is 6.54 Å². The SMILES string of the molecule is Brc1cccc(OCc2ccc3c(c2)CCCN3)c1. The van der Waals surface area contributed by atoms with E-state index >= 15 is 0 Å². The van der Waals surface area contributed by atoms with E-state index in [1.54, 1.807) is 0 Å². The van der Waals surface area contributed by atoms with Crippen LogP contribution < -0.4 is 10.1 Å². The molecule has 1 aliphatic rings. The Morgan fingerprint density at radius 1 is 1.16 bits per heavy atom. The van der Waals surface area contributed by atoms with Gasteiger partial charge in [0.25, 0.3) is 0 Å². The van der Waals surface area contributed by atoms with Crippen molar-refractivity contribution < 1.29 is 4.74 Å². The average molecular weight is 318 g/mol. The van der Waals surface area contributed by atoms with E-state index in [1.807, 2.05) is 24.3 Å². The van der Waals surface area contributed by atoms with Gasteiger partial charge in [0.2, 0.25) is 0 Å². The molecule has 0 aromatic heterocycles. The zero-order valence-electron chi connectivity index (χ0n) is 10.7. The smallest absolute Gasteiger partial charge is 0.120 e. The summed E-state index contributed by atoms with van der Waals surface area (Å²) < 4.78 is 6.85. The van der Waals surface area contributed by atoms with Crippen LogP contribution >= 0.6 is 15.9 Å². The fourth-order valence-electron chi connectivity index (χ4n) is 2.34. The fraction of sp³-hybridized carbons (Fsp3) is 0.250. The van der Waals surface area contributed by atoms with E-state index < -0.39 is 0 Å². The van der Waals surface area contributed by atoms with Crippen LogP contribution in [0, 0.1) is 0 Å². The zero-order valence-corrected chi connectivity index (χ0v) is 12.2. The number of hydrogen-bond acceptors (Lipinski definition) is 2. The minimum atomic E-state index is 0.615. The molecule has 0 aliphatic carbocycles. The van der Waals surface area contributed by atoms with Crippen LogP contribution in [-0.2, 0) is 13.0 Å². The third-order valence-corrected chi connectivity index (χ3v) is 3.80. The molecule has 0 saturated heterocycles. The molecule has 0 spiro atoms. The average Bonchev–Trinajstić information content (AvgIpc) is 2.45. The molecule has 3 heteroatoms. The minimum Gasteiger partial charge on any atom is -0.489 e. The number of aryl methyl sites for hydroxylation is 1. The van der Waals surface area contributed by atoms with Crippen molar-refractivity contribution in [3.05, 3.63) is 58.1 Å². The van der Waals surface area contributed by atoms with Gasteiger partial charge in [-0.15, -0.1) is 0 Å². The molecule has 1 aliphatic heterocycles. The van der Waals surface area contributed by atoms with Gasteiger partial charge in [0.1, 0.15) is 12.4 Å². The lowest BCUT2D eigenvalue weighted by Gasteiger charge is -2.18. The lowest BCUT2D eigenvalue weighted by atomic mass is 10.0. The number of hydrogen-bond donors (Lipinski definition) is 1. The van der Waals surface area contributed by atoms with Crippen molar-refractivity contribution in [3.63, 3.8) is 0 Å². The summed E-state index contributed by atoms with van der Waals surface area (Å²) >= 11 is 3.45. The third-order valence-electron chi connectivity index (χ3n) is 3.31. The molecule has 2 aromatic rings. The second-order valence-corrected chi connectivity index (χ2v) is 5.68. The van der Waals surface area contributed by atoms with Crippen LogP contribution in [0.5, 0.6) is 5.75 Å². The van der Waals surface area contributed by atoms with Crippen molar-refractivity contribution in [3.8, 4) is 5.75 Å². The highest BCUT2D eigenvalue weighted by molar-refractivity contribution is 9.10.